The highest BCUT2D eigenvalue weighted by Gasteiger charge is 2.19. The fourth-order valence-electron chi connectivity index (χ4n) is 1.72. The van der Waals surface area contributed by atoms with E-state index in [-0.39, 0.29) is 6.61 Å². The number of hydrogen-bond acceptors (Lipinski definition) is 3. The number of hydrogen-bond donors (Lipinski definition) is 1. The zero-order valence-electron chi connectivity index (χ0n) is 8.03. The summed E-state index contributed by atoms with van der Waals surface area (Å²) in [4.78, 5) is 12.4. The van der Waals surface area contributed by atoms with Gasteiger partial charge in [-0.15, -0.1) is 0 Å². The van der Waals surface area contributed by atoms with Crippen molar-refractivity contribution in [3.8, 4) is 0 Å². The molecule has 0 spiro atoms. The Labute approximate surface area is 78.5 Å². The summed E-state index contributed by atoms with van der Waals surface area (Å²) in [6.45, 7) is 1.54. The van der Waals surface area contributed by atoms with Gasteiger partial charge in [0.25, 0.3) is 0 Å². The molecule has 0 aliphatic carbocycles. The number of nitrogens with zero attached hydrogens (tertiary/aromatic N) is 1. The molecule has 1 fully saturated rings. The quantitative estimate of drug-likeness (QED) is 0.639. The maximum absolute atomic E-state index is 10.1. The SMILES string of the molecule is CN1CCC[C@H]1CCOCC(=O)O. The number of carbonyl (C=O) groups is 1. The summed E-state index contributed by atoms with van der Waals surface area (Å²) >= 11 is 0. The molecule has 0 bridgehead atoms. The second-order valence-corrected chi connectivity index (χ2v) is 3.51. The fourth-order valence-corrected chi connectivity index (χ4v) is 1.72. The van der Waals surface area contributed by atoms with Crippen molar-refractivity contribution >= 4 is 5.97 Å². The smallest absolute Gasteiger partial charge is 0.329 e. The summed E-state index contributed by atoms with van der Waals surface area (Å²) < 4.78 is 4.98. The monoisotopic (exact) mass is 187 g/mol. The van der Waals surface area contributed by atoms with Crippen LogP contribution in [0.25, 0.3) is 0 Å². The van der Waals surface area contributed by atoms with E-state index in [1.54, 1.807) is 0 Å². The van der Waals surface area contributed by atoms with E-state index >= 15 is 0 Å². The second kappa shape index (κ2) is 5.19. The van der Waals surface area contributed by atoms with Crippen molar-refractivity contribution in [3.63, 3.8) is 0 Å². The van der Waals surface area contributed by atoms with E-state index in [0.717, 1.165) is 13.0 Å². The van der Waals surface area contributed by atoms with Crippen LogP contribution in [0.3, 0.4) is 0 Å². The second-order valence-electron chi connectivity index (χ2n) is 3.51. The van der Waals surface area contributed by atoms with Gasteiger partial charge in [0.2, 0.25) is 0 Å². The van der Waals surface area contributed by atoms with Crippen LogP contribution < -0.4 is 0 Å². The molecule has 1 aliphatic rings. The molecule has 0 aromatic carbocycles. The van der Waals surface area contributed by atoms with Gasteiger partial charge < -0.3 is 14.7 Å². The lowest BCUT2D eigenvalue weighted by Crippen LogP contribution is -2.26. The highest BCUT2D eigenvalue weighted by molar-refractivity contribution is 5.67. The molecule has 76 valence electrons. The van der Waals surface area contributed by atoms with E-state index in [2.05, 4.69) is 11.9 Å². The van der Waals surface area contributed by atoms with Crippen molar-refractivity contribution in [2.75, 3.05) is 26.8 Å². The number of carboxylic acids is 1. The predicted octanol–water partition coefficient (Wildman–Crippen LogP) is 0.572. The molecule has 0 saturated carbocycles. The van der Waals surface area contributed by atoms with E-state index in [9.17, 15) is 4.79 Å². The maximum Gasteiger partial charge on any atom is 0.329 e. The lowest BCUT2D eigenvalue weighted by molar-refractivity contribution is -0.142. The highest BCUT2D eigenvalue weighted by Crippen LogP contribution is 2.17. The molecule has 0 radical (unpaired) electrons. The number of aliphatic carboxylic acids is 1. The van der Waals surface area contributed by atoms with Gasteiger partial charge in [-0.2, -0.15) is 0 Å². The Morgan fingerprint density at radius 2 is 2.46 bits per heavy atom. The standard InChI is InChI=1S/C9H17NO3/c1-10-5-2-3-8(10)4-6-13-7-9(11)12/h8H,2-7H2,1H3,(H,11,12)/t8-/m0/s1. The van der Waals surface area contributed by atoms with Gasteiger partial charge in [-0.3, -0.25) is 0 Å². The third-order valence-corrected chi connectivity index (χ3v) is 2.49. The summed E-state index contributed by atoms with van der Waals surface area (Å²) in [6, 6.07) is 0.591. The Hall–Kier alpha value is -0.610. The first-order valence-electron chi connectivity index (χ1n) is 4.70. The van der Waals surface area contributed by atoms with E-state index in [4.69, 9.17) is 9.84 Å². The van der Waals surface area contributed by atoms with Gasteiger partial charge >= 0.3 is 5.97 Å². The molecule has 1 atom stereocenters. The number of carboxylic acid groups (broad SMARTS) is 1. The van der Waals surface area contributed by atoms with Crippen LogP contribution in [-0.2, 0) is 9.53 Å². The largest absolute Gasteiger partial charge is 0.480 e. The molecule has 1 saturated heterocycles. The number of ether oxygens (including phenoxy) is 1. The molecule has 0 unspecified atom stereocenters. The summed E-state index contributed by atoms with van der Waals surface area (Å²) in [5, 5.41) is 8.32. The average molecular weight is 187 g/mol. The third kappa shape index (κ3) is 3.74. The summed E-state index contributed by atoms with van der Waals surface area (Å²) in [5.41, 5.74) is 0. The van der Waals surface area contributed by atoms with Crippen molar-refractivity contribution in [3.05, 3.63) is 0 Å². The average Bonchev–Trinajstić information content (AvgIpc) is 2.45. The van der Waals surface area contributed by atoms with Gasteiger partial charge in [-0.05, 0) is 32.9 Å². The van der Waals surface area contributed by atoms with Crippen LogP contribution in [0.4, 0.5) is 0 Å². The minimum Gasteiger partial charge on any atom is -0.480 e. The van der Waals surface area contributed by atoms with Crippen molar-refractivity contribution in [2.45, 2.75) is 25.3 Å². The van der Waals surface area contributed by atoms with E-state index < -0.39 is 5.97 Å². The highest BCUT2D eigenvalue weighted by atomic mass is 16.5. The zero-order chi connectivity index (χ0) is 9.68. The lowest BCUT2D eigenvalue weighted by Gasteiger charge is -2.18. The molecule has 4 nitrogen and oxygen atoms in total. The van der Waals surface area contributed by atoms with Crippen LogP contribution in [-0.4, -0.2) is 48.8 Å². The van der Waals surface area contributed by atoms with Gasteiger partial charge in [0.1, 0.15) is 6.61 Å². The van der Waals surface area contributed by atoms with Crippen molar-refractivity contribution in [2.24, 2.45) is 0 Å². The molecular formula is C9H17NO3. The maximum atomic E-state index is 10.1. The minimum atomic E-state index is -0.889. The van der Waals surface area contributed by atoms with Crippen molar-refractivity contribution in [1.82, 2.24) is 4.90 Å². The summed E-state index contributed by atoms with van der Waals surface area (Å²) in [7, 11) is 2.11. The molecular weight excluding hydrogens is 170 g/mol. The van der Waals surface area contributed by atoms with Crippen LogP contribution in [0.1, 0.15) is 19.3 Å². The Morgan fingerprint density at radius 3 is 3.00 bits per heavy atom. The molecule has 1 aliphatic heterocycles. The van der Waals surface area contributed by atoms with Gasteiger partial charge in [0.05, 0.1) is 0 Å². The summed E-state index contributed by atoms with van der Waals surface area (Å²) in [6.07, 6.45) is 3.41. The first-order valence-corrected chi connectivity index (χ1v) is 4.70. The molecule has 1 rings (SSSR count). The first kappa shape index (κ1) is 10.5. The van der Waals surface area contributed by atoms with E-state index in [1.807, 2.05) is 0 Å². The number of likely N-dealkylation sites (tertiary alicyclic amines) is 1. The van der Waals surface area contributed by atoms with E-state index in [1.165, 1.54) is 12.8 Å². The topological polar surface area (TPSA) is 49.8 Å². The first-order chi connectivity index (χ1) is 6.20. The number of rotatable bonds is 5. The molecule has 1 heterocycles. The molecule has 1 N–H and O–H groups in total. The Bertz CT molecular complexity index is 172. The van der Waals surface area contributed by atoms with Crippen molar-refractivity contribution in [1.29, 1.82) is 0 Å². The molecule has 13 heavy (non-hydrogen) atoms. The van der Waals surface area contributed by atoms with Gasteiger partial charge in [-0.1, -0.05) is 0 Å². The lowest BCUT2D eigenvalue weighted by atomic mass is 10.1. The van der Waals surface area contributed by atoms with Crippen LogP contribution in [0.15, 0.2) is 0 Å². The van der Waals surface area contributed by atoms with Gasteiger partial charge in [-0.25, -0.2) is 4.79 Å². The van der Waals surface area contributed by atoms with Crippen molar-refractivity contribution < 1.29 is 14.6 Å². The van der Waals surface area contributed by atoms with Gasteiger partial charge in [0, 0.05) is 12.6 Å². The molecule has 0 amide bonds. The summed E-state index contributed by atoms with van der Waals surface area (Å²) in [5.74, 6) is -0.889. The third-order valence-electron chi connectivity index (χ3n) is 2.49. The Balaban J connectivity index is 2.02. The Morgan fingerprint density at radius 1 is 1.69 bits per heavy atom. The predicted molar refractivity (Wildman–Crippen MR) is 48.7 cm³/mol. The zero-order valence-corrected chi connectivity index (χ0v) is 8.03. The minimum absolute atomic E-state index is 0.170. The fraction of sp³-hybridized carbons (Fsp3) is 0.889. The van der Waals surface area contributed by atoms with E-state index in [0.29, 0.717) is 12.6 Å². The molecule has 0 aromatic heterocycles. The Kier molecular flexibility index (Phi) is 4.18. The van der Waals surface area contributed by atoms with Crippen LogP contribution in [0.5, 0.6) is 0 Å². The van der Waals surface area contributed by atoms with Crippen LogP contribution in [0, 0.1) is 0 Å². The van der Waals surface area contributed by atoms with Crippen LogP contribution >= 0.6 is 0 Å². The molecule has 4 heteroatoms. The molecule has 0 aromatic rings. The normalized spacial score (nSPS) is 23.6. The van der Waals surface area contributed by atoms with Crippen LogP contribution in [0.2, 0.25) is 0 Å². The van der Waals surface area contributed by atoms with Gasteiger partial charge in [0.15, 0.2) is 0 Å².